The quantitative estimate of drug-likeness (QED) is 0.214. The predicted molar refractivity (Wildman–Crippen MR) is 174 cm³/mol. The molecule has 0 saturated carbocycles. The Morgan fingerprint density at radius 2 is 0.884 bits per heavy atom. The number of furan rings is 1. The number of para-hydroxylation sites is 1. The fraction of sp³-hybridized carbons (Fsp3) is 0. The van der Waals surface area contributed by atoms with Gasteiger partial charge in [-0.2, -0.15) is 0 Å². The van der Waals surface area contributed by atoms with Gasteiger partial charge in [0.25, 0.3) is 0 Å². The molecule has 0 aliphatic carbocycles. The molecule has 2 heterocycles. The van der Waals surface area contributed by atoms with Gasteiger partial charge in [0.2, 0.25) is 0 Å². The average Bonchev–Trinajstić information content (AvgIpc) is 3.49. The van der Waals surface area contributed by atoms with Crippen LogP contribution in [0.25, 0.3) is 78.4 Å². The highest BCUT2D eigenvalue weighted by atomic mass is 16.3. The van der Waals surface area contributed by atoms with Crippen molar-refractivity contribution in [3.05, 3.63) is 152 Å². The van der Waals surface area contributed by atoms with E-state index in [0.717, 1.165) is 55.3 Å². The van der Waals surface area contributed by atoms with Crippen LogP contribution in [0.15, 0.2) is 156 Å². The molecule has 202 valence electrons. The van der Waals surface area contributed by atoms with Crippen LogP contribution in [-0.4, -0.2) is 15.0 Å². The maximum atomic E-state index is 6.60. The number of fused-ring (bicyclic) bond motifs is 3. The molecule has 0 aliphatic rings. The zero-order valence-corrected chi connectivity index (χ0v) is 23.2. The van der Waals surface area contributed by atoms with E-state index in [1.807, 2.05) is 84.9 Å². The van der Waals surface area contributed by atoms with E-state index in [-0.39, 0.29) is 0 Å². The zero-order valence-electron chi connectivity index (χ0n) is 23.2. The number of nitrogens with zero attached hydrogens (tertiary/aromatic N) is 3. The number of benzene rings is 6. The Labute approximate surface area is 249 Å². The van der Waals surface area contributed by atoms with Gasteiger partial charge >= 0.3 is 0 Å². The van der Waals surface area contributed by atoms with E-state index in [0.29, 0.717) is 17.5 Å². The molecule has 0 bridgehead atoms. The smallest absolute Gasteiger partial charge is 0.164 e. The van der Waals surface area contributed by atoms with Crippen LogP contribution in [0.5, 0.6) is 0 Å². The highest BCUT2D eigenvalue weighted by molar-refractivity contribution is 6.15. The molecule has 0 atom stereocenters. The third-order valence-corrected chi connectivity index (χ3v) is 7.75. The van der Waals surface area contributed by atoms with Gasteiger partial charge in [-0.1, -0.05) is 127 Å². The van der Waals surface area contributed by atoms with Crippen molar-refractivity contribution in [3.8, 4) is 56.4 Å². The van der Waals surface area contributed by atoms with Gasteiger partial charge in [-0.25, -0.2) is 15.0 Å². The van der Waals surface area contributed by atoms with Crippen LogP contribution >= 0.6 is 0 Å². The maximum absolute atomic E-state index is 6.60. The SMILES string of the molecule is c1ccc(-c2cccc(-c3ccc(-c4nc(-c5ccccc5)nc(-c5ccccc5)n4)c4c3oc3ccccc34)c2)cc1. The van der Waals surface area contributed by atoms with E-state index >= 15 is 0 Å². The number of hydrogen-bond acceptors (Lipinski definition) is 4. The van der Waals surface area contributed by atoms with Gasteiger partial charge in [-0.15, -0.1) is 0 Å². The third-order valence-electron chi connectivity index (χ3n) is 7.75. The lowest BCUT2D eigenvalue weighted by Gasteiger charge is -2.11. The Hall–Kier alpha value is -5.87. The molecule has 4 heteroatoms. The van der Waals surface area contributed by atoms with Crippen LogP contribution < -0.4 is 0 Å². The van der Waals surface area contributed by atoms with Crippen LogP contribution in [-0.2, 0) is 0 Å². The monoisotopic (exact) mass is 551 g/mol. The summed E-state index contributed by atoms with van der Waals surface area (Å²) in [6.07, 6.45) is 0. The highest BCUT2D eigenvalue weighted by Gasteiger charge is 2.20. The van der Waals surface area contributed by atoms with Gasteiger partial charge in [0.1, 0.15) is 11.2 Å². The Balaban J connectivity index is 1.38. The minimum Gasteiger partial charge on any atom is -0.455 e. The van der Waals surface area contributed by atoms with Gasteiger partial charge in [-0.3, -0.25) is 0 Å². The van der Waals surface area contributed by atoms with Gasteiger partial charge in [0.15, 0.2) is 17.5 Å². The Morgan fingerprint density at radius 3 is 1.56 bits per heavy atom. The van der Waals surface area contributed by atoms with Crippen LogP contribution in [0.4, 0.5) is 0 Å². The number of hydrogen-bond donors (Lipinski definition) is 0. The second-order valence-corrected chi connectivity index (χ2v) is 10.4. The summed E-state index contributed by atoms with van der Waals surface area (Å²) in [6.45, 7) is 0. The minimum atomic E-state index is 0.605. The Bertz CT molecular complexity index is 2170. The van der Waals surface area contributed by atoms with Gasteiger partial charge in [0, 0.05) is 33.0 Å². The Kier molecular flexibility index (Phi) is 6.08. The largest absolute Gasteiger partial charge is 0.455 e. The first-order valence-corrected chi connectivity index (χ1v) is 14.3. The lowest BCUT2D eigenvalue weighted by Crippen LogP contribution is -2.00. The predicted octanol–water partition coefficient (Wildman–Crippen LogP) is 10.1. The first kappa shape index (κ1) is 24.9. The first-order valence-electron chi connectivity index (χ1n) is 14.3. The van der Waals surface area contributed by atoms with Crippen molar-refractivity contribution < 1.29 is 4.42 Å². The molecule has 0 radical (unpaired) electrons. The van der Waals surface area contributed by atoms with Crippen LogP contribution in [0, 0.1) is 0 Å². The fourth-order valence-corrected chi connectivity index (χ4v) is 5.67. The van der Waals surface area contributed by atoms with E-state index in [9.17, 15) is 0 Å². The van der Waals surface area contributed by atoms with Gasteiger partial charge in [0.05, 0.1) is 0 Å². The summed E-state index contributed by atoms with van der Waals surface area (Å²) in [5.41, 5.74) is 8.85. The van der Waals surface area contributed by atoms with Crippen molar-refractivity contribution in [3.63, 3.8) is 0 Å². The lowest BCUT2D eigenvalue weighted by molar-refractivity contribution is 0.670. The molecule has 8 rings (SSSR count). The summed E-state index contributed by atoms with van der Waals surface area (Å²) in [5, 5.41) is 2.01. The van der Waals surface area contributed by atoms with Crippen molar-refractivity contribution in [2.75, 3.05) is 0 Å². The molecule has 0 aliphatic heterocycles. The third kappa shape index (κ3) is 4.55. The second-order valence-electron chi connectivity index (χ2n) is 10.4. The Morgan fingerprint density at radius 1 is 0.372 bits per heavy atom. The summed E-state index contributed by atoms with van der Waals surface area (Å²) >= 11 is 0. The molecule has 0 fully saturated rings. The zero-order chi connectivity index (χ0) is 28.6. The van der Waals surface area contributed by atoms with Crippen molar-refractivity contribution in [1.29, 1.82) is 0 Å². The molecule has 43 heavy (non-hydrogen) atoms. The minimum absolute atomic E-state index is 0.605. The highest BCUT2D eigenvalue weighted by Crippen LogP contribution is 2.42. The molecule has 0 N–H and O–H groups in total. The molecule has 8 aromatic rings. The first-order chi connectivity index (χ1) is 21.3. The van der Waals surface area contributed by atoms with E-state index in [1.54, 1.807) is 0 Å². The van der Waals surface area contributed by atoms with Crippen LogP contribution in [0.1, 0.15) is 0 Å². The molecule has 6 aromatic carbocycles. The summed E-state index contributed by atoms with van der Waals surface area (Å²) in [6, 6.07) is 51.6. The summed E-state index contributed by atoms with van der Waals surface area (Å²) in [5.74, 6) is 1.86. The lowest BCUT2D eigenvalue weighted by atomic mass is 9.95. The molecule has 4 nitrogen and oxygen atoms in total. The fourth-order valence-electron chi connectivity index (χ4n) is 5.67. The van der Waals surface area contributed by atoms with E-state index in [4.69, 9.17) is 19.4 Å². The molecular weight excluding hydrogens is 526 g/mol. The number of rotatable bonds is 5. The van der Waals surface area contributed by atoms with Crippen molar-refractivity contribution in [1.82, 2.24) is 15.0 Å². The standard InChI is InChI=1S/C39H25N3O/c1-4-13-26(14-5-1)29-19-12-20-30(25-29)31-23-24-33(35-32-21-10-11-22-34(32)43-36(31)35)39-41-37(27-15-6-2-7-16-27)40-38(42-39)28-17-8-3-9-18-28/h1-25H. The van der Waals surface area contributed by atoms with E-state index in [2.05, 4.69) is 66.7 Å². The molecule has 0 spiro atoms. The van der Waals surface area contributed by atoms with Crippen molar-refractivity contribution >= 4 is 21.9 Å². The van der Waals surface area contributed by atoms with Crippen LogP contribution in [0.2, 0.25) is 0 Å². The maximum Gasteiger partial charge on any atom is 0.164 e. The van der Waals surface area contributed by atoms with E-state index < -0.39 is 0 Å². The summed E-state index contributed by atoms with van der Waals surface area (Å²) in [7, 11) is 0. The summed E-state index contributed by atoms with van der Waals surface area (Å²) < 4.78 is 6.60. The molecule has 2 aromatic heterocycles. The average molecular weight is 552 g/mol. The number of aromatic nitrogens is 3. The normalized spacial score (nSPS) is 11.3. The van der Waals surface area contributed by atoms with Crippen molar-refractivity contribution in [2.24, 2.45) is 0 Å². The second kappa shape index (κ2) is 10.5. The topological polar surface area (TPSA) is 51.8 Å². The molecule has 0 saturated heterocycles. The van der Waals surface area contributed by atoms with Gasteiger partial charge in [-0.05, 0) is 41.0 Å². The van der Waals surface area contributed by atoms with Gasteiger partial charge < -0.3 is 4.42 Å². The molecule has 0 unspecified atom stereocenters. The van der Waals surface area contributed by atoms with E-state index in [1.165, 1.54) is 5.56 Å². The van der Waals surface area contributed by atoms with Crippen molar-refractivity contribution in [2.45, 2.75) is 0 Å². The summed E-state index contributed by atoms with van der Waals surface area (Å²) in [4.78, 5) is 14.9. The molecule has 0 amide bonds. The molecular formula is C39H25N3O. The van der Waals surface area contributed by atoms with Crippen LogP contribution in [0.3, 0.4) is 0 Å².